The van der Waals surface area contributed by atoms with Crippen LogP contribution in [-0.2, 0) is 20.0 Å². The van der Waals surface area contributed by atoms with Crippen LogP contribution in [-0.4, -0.2) is 54.4 Å². The lowest BCUT2D eigenvalue weighted by molar-refractivity contribution is 0.346. The molecule has 0 spiro atoms. The van der Waals surface area contributed by atoms with Gasteiger partial charge in [-0.2, -0.15) is 4.31 Å². The van der Waals surface area contributed by atoms with Gasteiger partial charge in [0.2, 0.25) is 20.0 Å². The zero-order chi connectivity index (χ0) is 16.9. The molecule has 23 heavy (non-hydrogen) atoms. The van der Waals surface area contributed by atoms with Crippen LogP contribution in [0.4, 0.5) is 0 Å². The zero-order valence-electron chi connectivity index (χ0n) is 13.2. The maximum Gasteiger partial charge on any atom is 0.243 e. The van der Waals surface area contributed by atoms with Gasteiger partial charge >= 0.3 is 0 Å². The fourth-order valence-corrected chi connectivity index (χ4v) is 5.17. The second kappa shape index (κ2) is 7.71. The van der Waals surface area contributed by atoms with E-state index in [9.17, 15) is 16.8 Å². The van der Waals surface area contributed by atoms with Crippen LogP contribution in [0.1, 0.15) is 19.3 Å². The van der Waals surface area contributed by atoms with Crippen LogP contribution in [0.5, 0.6) is 0 Å². The molecule has 1 aromatic carbocycles. The highest BCUT2D eigenvalue weighted by Crippen LogP contribution is 2.22. The van der Waals surface area contributed by atoms with E-state index in [0.29, 0.717) is 19.6 Å². The van der Waals surface area contributed by atoms with E-state index in [0.717, 1.165) is 19.3 Å². The van der Waals surface area contributed by atoms with E-state index in [-0.39, 0.29) is 16.3 Å². The van der Waals surface area contributed by atoms with Gasteiger partial charge in [-0.15, -0.1) is 0 Å². The first-order valence-corrected chi connectivity index (χ1v) is 10.5. The molecule has 2 N–H and O–H groups in total. The number of likely N-dealkylation sites (N-methyl/N-ethyl adjacent to an activating group) is 1. The quantitative estimate of drug-likeness (QED) is 0.684. The van der Waals surface area contributed by atoms with Gasteiger partial charge in [0.1, 0.15) is 0 Å². The molecule has 1 saturated heterocycles. The van der Waals surface area contributed by atoms with Crippen LogP contribution >= 0.6 is 0 Å². The van der Waals surface area contributed by atoms with Crippen LogP contribution in [0, 0.1) is 0 Å². The monoisotopic (exact) mass is 361 g/mol. The molecule has 0 aliphatic carbocycles. The van der Waals surface area contributed by atoms with Crippen LogP contribution in [0.3, 0.4) is 0 Å². The summed E-state index contributed by atoms with van der Waals surface area (Å²) in [5, 5.41) is 2.84. The second-order valence-electron chi connectivity index (χ2n) is 5.44. The number of piperidine rings is 1. The maximum absolute atomic E-state index is 12.6. The summed E-state index contributed by atoms with van der Waals surface area (Å²) in [5.74, 6) is 0. The third-order valence-corrected chi connectivity index (χ3v) is 7.09. The van der Waals surface area contributed by atoms with Crippen molar-refractivity contribution in [1.29, 1.82) is 0 Å². The van der Waals surface area contributed by atoms with Crippen molar-refractivity contribution >= 4 is 20.0 Å². The standard InChI is InChI=1S/C14H23N3O4S2/c1-15-8-9-16-22(18,19)13-6-5-7-14(12-13)23(20,21)17-10-3-2-4-11-17/h5-7,12,15-16H,2-4,8-11H2,1H3. The third kappa shape index (κ3) is 4.51. The van der Waals surface area contributed by atoms with Gasteiger partial charge in [-0.3, -0.25) is 0 Å². The number of rotatable bonds is 7. The Morgan fingerprint density at radius 2 is 1.65 bits per heavy atom. The van der Waals surface area contributed by atoms with Gasteiger partial charge in [0.25, 0.3) is 0 Å². The zero-order valence-corrected chi connectivity index (χ0v) is 14.8. The molecule has 0 aromatic heterocycles. The summed E-state index contributed by atoms with van der Waals surface area (Å²) >= 11 is 0. The normalized spacial score (nSPS) is 17.3. The predicted octanol–water partition coefficient (Wildman–Crippen LogP) is 0.359. The Hall–Kier alpha value is -1.00. The number of nitrogens with one attached hydrogen (secondary N) is 2. The summed E-state index contributed by atoms with van der Waals surface area (Å²) < 4.78 is 53.5. The number of sulfonamides is 2. The van der Waals surface area contributed by atoms with E-state index < -0.39 is 20.0 Å². The minimum absolute atomic E-state index is 0.0240. The van der Waals surface area contributed by atoms with Crippen LogP contribution in [0.15, 0.2) is 34.1 Å². The molecule has 1 aliphatic heterocycles. The minimum atomic E-state index is -3.72. The number of nitrogens with zero attached hydrogens (tertiary/aromatic N) is 1. The topological polar surface area (TPSA) is 95.6 Å². The van der Waals surface area contributed by atoms with Gasteiger partial charge in [-0.1, -0.05) is 12.5 Å². The molecule has 7 nitrogen and oxygen atoms in total. The Labute approximate surface area is 138 Å². The van der Waals surface area contributed by atoms with Crippen LogP contribution in [0.25, 0.3) is 0 Å². The Balaban J connectivity index is 2.25. The highest BCUT2D eigenvalue weighted by Gasteiger charge is 2.27. The molecule has 130 valence electrons. The van der Waals surface area contributed by atoms with Crippen molar-refractivity contribution < 1.29 is 16.8 Å². The fraction of sp³-hybridized carbons (Fsp3) is 0.571. The maximum atomic E-state index is 12.6. The third-order valence-electron chi connectivity index (χ3n) is 3.74. The Morgan fingerprint density at radius 3 is 2.30 bits per heavy atom. The molecule has 1 aromatic rings. The van der Waals surface area contributed by atoms with Crippen molar-refractivity contribution in [1.82, 2.24) is 14.3 Å². The molecule has 0 bridgehead atoms. The van der Waals surface area contributed by atoms with Crippen molar-refractivity contribution in [2.24, 2.45) is 0 Å². The average Bonchev–Trinajstić information content (AvgIpc) is 2.56. The Kier molecular flexibility index (Phi) is 6.15. The minimum Gasteiger partial charge on any atom is -0.318 e. The van der Waals surface area contributed by atoms with Gasteiger partial charge < -0.3 is 5.32 Å². The molecule has 1 heterocycles. The first-order valence-electron chi connectivity index (χ1n) is 7.62. The van der Waals surface area contributed by atoms with Gasteiger partial charge in [-0.05, 0) is 38.1 Å². The average molecular weight is 361 g/mol. The van der Waals surface area contributed by atoms with Crippen LogP contribution in [0.2, 0.25) is 0 Å². The molecule has 0 radical (unpaired) electrons. The smallest absolute Gasteiger partial charge is 0.243 e. The molecule has 0 saturated carbocycles. The second-order valence-corrected chi connectivity index (χ2v) is 9.15. The largest absolute Gasteiger partial charge is 0.318 e. The lowest BCUT2D eigenvalue weighted by Crippen LogP contribution is -2.35. The van der Waals surface area contributed by atoms with Gasteiger partial charge in [0, 0.05) is 26.2 Å². The first kappa shape index (κ1) is 18.3. The van der Waals surface area contributed by atoms with Crippen molar-refractivity contribution in [3.8, 4) is 0 Å². The summed E-state index contributed by atoms with van der Waals surface area (Å²) in [6, 6.07) is 5.53. The summed E-state index contributed by atoms with van der Waals surface area (Å²) in [6.45, 7) is 1.70. The van der Waals surface area contributed by atoms with Crippen molar-refractivity contribution in [2.45, 2.75) is 29.1 Å². The summed E-state index contributed by atoms with van der Waals surface area (Å²) in [6.07, 6.45) is 2.70. The Morgan fingerprint density at radius 1 is 1.00 bits per heavy atom. The molecule has 0 atom stereocenters. The molecule has 0 unspecified atom stereocenters. The number of benzene rings is 1. The highest BCUT2D eigenvalue weighted by molar-refractivity contribution is 7.90. The fourth-order valence-electron chi connectivity index (χ4n) is 2.45. The van der Waals surface area contributed by atoms with E-state index in [4.69, 9.17) is 0 Å². The van der Waals surface area contributed by atoms with E-state index in [1.54, 1.807) is 7.05 Å². The van der Waals surface area contributed by atoms with Crippen LogP contribution < -0.4 is 10.0 Å². The summed E-state index contributed by atoms with van der Waals surface area (Å²) in [5.41, 5.74) is 0. The van der Waals surface area contributed by atoms with E-state index in [2.05, 4.69) is 10.0 Å². The van der Waals surface area contributed by atoms with Crippen molar-refractivity contribution in [2.75, 3.05) is 33.2 Å². The molecular formula is C14H23N3O4S2. The van der Waals surface area contributed by atoms with Crippen molar-refractivity contribution in [3.05, 3.63) is 24.3 Å². The summed E-state index contributed by atoms with van der Waals surface area (Å²) in [7, 11) is -5.64. The molecule has 1 aliphatic rings. The lowest BCUT2D eigenvalue weighted by Gasteiger charge is -2.26. The van der Waals surface area contributed by atoms with Crippen molar-refractivity contribution in [3.63, 3.8) is 0 Å². The Bertz CT molecular complexity index is 726. The SMILES string of the molecule is CNCCNS(=O)(=O)c1cccc(S(=O)(=O)N2CCCCC2)c1. The molecule has 9 heteroatoms. The predicted molar refractivity (Wildman–Crippen MR) is 88.2 cm³/mol. The molecule has 1 fully saturated rings. The number of hydrogen-bond donors (Lipinski definition) is 2. The van der Waals surface area contributed by atoms with E-state index in [1.807, 2.05) is 0 Å². The van der Waals surface area contributed by atoms with Gasteiger partial charge in [0.15, 0.2) is 0 Å². The molecule has 2 rings (SSSR count). The molecule has 0 amide bonds. The summed E-state index contributed by atoms with van der Waals surface area (Å²) in [4.78, 5) is -0.0115. The highest BCUT2D eigenvalue weighted by atomic mass is 32.2. The first-order chi connectivity index (χ1) is 10.9. The lowest BCUT2D eigenvalue weighted by atomic mass is 10.2. The van der Waals surface area contributed by atoms with Gasteiger partial charge in [0.05, 0.1) is 9.79 Å². The van der Waals surface area contributed by atoms with Gasteiger partial charge in [-0.25, -0.2) is 21.6 Å². The van der Waals surface area contributed by atoms with E-state index in [1.165, 1.54) is 28.6 Å². The number of hydrogen-bond acceptors (Lipinski definition) is 5. The van der Waals surface area contributed by atoms with E-state index >= 15 is 0 Å². The molecular weight excluding hydrogens is 338 g/mol.